The van der Waals surface area contributed by atoms with Crippen LogP contribution in [0.2, 0.25) is 0 Å². The number of furan rings is 1. The Morgan fingerprint density at radius 2 is 2.12 bits per heavy atom. The van der Waals surface area contributed by atoms with E-state index < -0.39 is 10.9 Å². The lowest BCUT2D eigenvalue weighted by atomic mass is 10.1. The number of carbonyl (C=O) groups is 1. The molecule has 0 bridgehead atoms. The van der Waals surface area contributed by atoms with Crippen LogP contribution in [0.5, 0.6) is 0 Å². The molecule has 0 radical (unpaired) electrons. The van der Waals surface area contributed by atoms with E-state index in [4.69, 9.17) is 14.4 Å². The van der Waals surface area contributed by atoms with Crippen molar-refractivity contribution in [3.8, 4) is 17.4 Å². The van der Waals surface area contributed by atoms with Crippen LogP contribution in [0.25, 0.3) is 17.4 Å². The lowest BCUT2D eigenvalue weighted by Crippen LogP contribution is -2.15. The minimum atomic E-state index is -0.736. The van der Waals surface area contributed by atoms with E-state index in [0.717, 1.165) is 0 Å². The summed E-state index contributed by atoms with van der Waals surface area (Å²) in [5, 5.41) is 20.2. The lowest BCUT2D eigenvalue weighted by molar-refractivity contribution is -0.384. The summed E-state index contributed by atoms with van der Waals surface area (Å²) in [4.78, 5) is 22.5. The average molecular weight is 340 g/mol. The van der Waals surface area contributed by atoms with Gasteiger partial charge < -0.3 is 9.15 Å². The van der Waals surface area contributed by atoms with Gasteiger partial charge in [-0.3, -0.25) is 10.1 Å². The molecule has 0 saturated carbocycles. The van der Waals surface area contributed by atoms with Crippen molar-refractivity contribution in [3.63, 3.8) is 0 Å². The molecule has 128 valence electrons. The van der Waals surface area contributed by atoms with Crippen LogP contribution in [-0.4, -0.2) is 17.0 Å². The number of nitro groups is 1. The first-order valence-corrected chi connectivity index (χ1v) is 7.62. The number of nitriles is 1. The van der Waals surface area contributed by atoms with Crippen molar-refractivity contribution in [1.29, 1.82) is 5.26 Å². The number of carbonyl (C=O) groups excluding carboxylic acids is 1. The zero-order valence-electron chi connectivity index (χ0n) is 13.8. The van der Waals surface area contributed by atoms with E-state index in [1.54, 1.807) is 37.3 Å². The van der Waals surface area contributed by atoms with Gasteiger partial charge in [0.05, 0.1) is 16.6 Å². The van der Waals surface area contributed by atoms with Crippen molar-refractivity contribution in [3.05, 3.63) is 57.8 Å². The first-order valence-electron chi connectivity index (χ1n) is 7.62. The van der Waals surface area contributed by atoms with E-state index in [0.29, 0.717) is 12.0 Å². The van der Waals surface area contributed by atoms with Gasteiger partial charge in [-0.2, -0.15) is 5.26 Å². The Hall–Kier alpha value is -3.40. The number of para-hydroxylation sites is 1. The summed E-state index contributed by atoms with van der Waals surface area (Å²) in [6.45, 7) is 3.59. The van der Waals surface area contributed by atoms with E-state index in [-0.39, 0.29) is 28.9 Å². The largest absolute Gasteiger partial charge is 0.459 e. The summed E-state index contributed by atoms with van der Waals surface area (Å²) >= 11 is 0. The number of rotatable bonds is 6. The molecule has 1 unspecified atom stereocenters. The maximum absolute atomic E-state index is 11.9. The monoisotopic (exact) mass is 340 g/mol. The van der Waals surface area contributed by atoms with Crippen molar-refractivity contribution in [1.82, 2.24) is 0 Å². The van der Waals surface area contributed by atoms with Gasteiger partial charge >= 0.3 is 5.97 Å². The third-order valence-corrected chi connectivity index (χ3v) is 3.50. The molecule has 1 aromatic carbocycles. The lowest BCUT2D eigenvalue weighted by Gasteiger charge is -2.09. The highest BCUT2D eigenvalue weighted by Gasteiger charge is 2.18. The Morgan fingerprint density at radius 3 is 2.76 bits per heavy atom. The van der Waals surface area contributed by atoms with Gasteiger partial charge in [0.2, 0.25) is 0 Å². The highest BCUT2D eigenvalue weighted by Crippen LogP contribution is 2.31. The third kappa shape index (κ3) is 4.32. The highest BCUT2D eigenvalue weighted by atomic mass is 16.6. The number of benzene rings is 1. The average Bonchev–Trinajstić information content (AvgIpc) is 3.07. The summed E-state index contributed by atoms with van der Waals surface area (Å²) < 4.78 is 10.6. The van der Waals surface area contributed by atoms with Gasteiger partial charge in [0.25, 0.3) is 5.69 Å². The van der Waals surface area contributed by atoms with E-state index in [1.807, 2.05) is 6.92 Å². The molecule has 0 N–H and O–H groups in total. The zero-order chi connectivity index (χ0) is 18.4. The highest BCUT2D eigenvalue weighted by molar-refractivity contribution is 5.97. The van der Waals surface area contributed by atoms with Gasteiger partial charge in [0.15, 0.2) is 0 Å². The van der Waals surface area contributed by atoms with Crippen LogP contribution in [0.4, 0.5) is 5.69 Å². The maximum Gasteiger partial charge on any atom is 0.349 e. The Balaban J connectivity index is 2.31. The molecule has 7 heteroatoms. The first-order chi connectivity index (χ1) is 12.0. The minimum absolute atomic E-state index is 0.0935. The van der Waals surface area contributed by atoms with Crippen LogP contribution in [-0.2, 0) is 9.53 Å². The predicted molar refractivity (Wildman–Crippen MR) is 90.2 cm³/mol. The molecule has 1 aromatic heterocycles. The van der Waals surface area contributed by atoms with Gasteiger partial charge in [0, 0.05) is 12.1 Å². The minimum Gasteiger partial charge on any atom is -0.459 e. The molecule has 25 heavy (non-hydrogen) atoms. The summed E-state index contributed by atoms with van der Waals surface area (Å²) in [7, 11) is 0. The molecule has 1 heterocycles. The quantitative estimate of drug-likeness (QED) is 0.257. The fourth-order valence-electron chi connectivity index (χ4n) is 2.03. The van der Waals surface area contributed by atoms with Crippen molar-refractivity contribution in [2.24, 2.45) is 0 Å². The molecule has 0 spiro atoms. The molecule has 2 aromatic rings. The Labute approximate surface area is 144 Å². The summed E-state index contributed by atoms with van der Waals surface area (Å²) in [6.07, 6.45) is 1.58. The van der Waals surface area contributed by atoms with Crippen LogP contribution in [0.1, 0.15) is 26.0 Å². The normalized spacial score (nSPS) is 12.3. The molecule has 1 atom stereocenters. The summed E-state index contributed by atoms with van der Waals surface area (Å²) in [5.74, 6) is -0.238. The van der Waals surface area contributed by atoms with Crippen LogP contribution in [0, 0.1) is 21.4 Å². The molecule has 0 aliphatic carbocycles. The predicted octanol–water partition coefficient (Wildman–Crippen LogP) is 4.10. The molecule has 2 rings (SSSR count). The smallest absolute Gasteiger partial charge is 0.349 e. The molecule has 0 aliphatic rings. The van der Waals surface area contributed by atoms with E-state index in [1.165, 1.54) is 18.2 Å². The number of hydrogen-bond donors (Lipinski definition) is 0. The maximum atomic E-state index is 11.9. The molecule has 0 saturated heterocycles. The summed E-state index contributed by atoms with van der Waals surface area (Å²) in [5.41, 5.74) is 0.0145. The number of hydrogen-bond acceptors (Lipinski definition) is 6. The third-order valence-electron chi connectivity index (χ3n) is 3.50. The van der Waals surface area contributed by atoms with Crippen LogP contribution < -0.4 is 0 Å². The zero-order valence-corrected chi connectivity index (χ0v) is 13.8. The fourth-order valence-corrected chi connectivity index (χ4v) is 2.03. The van der Waals surface area contributed by atoms with Gasteiger partial charge in [0.1, 0.15) is 23.2 Å². The molecular formula is C18H16N2O5. The number of nitrogens with zero attached hydrogens (tertiary/aromatic N) is 2. The second kappa shape index (κ2) is 7.93. The summed E-state index contributed by atoms with van der Waals surface area (Å²) in [6, 6.07) is 11.0. The second-order valence-corrected chi connectivity index (χ2v) is 5.27. The number of esters is 1. The van der Waals surface area contributed by atoms with Crippen molar-refractivity contribution in [2.75, 3.05) is 0 Å². The Bertz CT molecular complexity index is 860. The fraction of sp³-hybridized carbons (Fsp3) is 0.222. The van der Waals surface area contributed by atoms with E-state index in [9.17, 15) is 14.9 Å². The Morgan fingerprint density at radius 1 is 1.40 bits per heavy atom. The topological polar surface area (TPSA) is 106 Å². The SMILES string of the molecule is CCC(C)OC(=O)C(C#N)=Cc1ccc(-c2ccccc2[N+](=O)[O-])o1. The molecular weight excluding hydrogens is 324 g/mol. The molecule has 0 aliphatic heterocycles. The van der Waals surface area contributed by atoms with Gasteiger partial charge in [-0.15, -0.1) is 0 Å². The van der Waals surface area contributed by atoms with Gasteiger partial charge in [-0.1, -0.05) is 19.1 Å². The van der Waals surface area contributed by atoms with Crippen molar-refractivity contribution >= 4 is 17.7 Å². The second-order valence-electron chi connectivity index (χ2n) is 5.27. The number of nitro benzene ring substituents is 1. The van der Waals surface area contributed by atoms with Gasteiger partial charge in [-0.05, 0) is 31.5 Å². The van der Waals surface area contributed by atoms with Crippen molar-refractivity contribution in [2.45, 2.75) is 26.4 Å². The van der Waals surface area contributed by atoms with Crippen LogP contribution in [0.3, 0.4) is 0 Å². The van der Waals surface area contributed by atoms with Crippen LogP contribution >= 0.6 is 0 Å². The number of ether oxygens (including phenoxy) is 1. The Kier molecular flexibility index (Phi) is 5.69. The molecule has 0 amide bonds. The molecule has 0 fully saturated rings. The molecule has 7 nitrogen and oxygen atoms in total. The van der Waals surface area contributed by atoms with Crippen molar-refractivity contribution < 1.29 is 18.9 Å². The van der Waals surface area contributed by atoms with Gasteiger partial charge in [-0.25, -0.2) is 4.79 Å². The first kappa shape index (κ1) is 17.9. The standard InChI is InChI=1S/C18H16N2O5/c1-3-12(2)24-18(21)13(11-19)10-14-8-9-17(25-14)15-6-4-5-7-16(15)20(22)23/h4-10,12H,3H2,1-2H3. The van der Waals surface area contributed by atoms with E-state index >= 15 is 0 Å². The van der Waals surface area contributed by atoms with E-state index in [2.05, 4.69) is 0 Å². The van der Waals surface area contributed by atoms with Crippen LogP contribution in [0.15, 0.2) is 46.4 Å².